The number of aliphatic imine (C=N–C) groups is 1. The van der Waals surface area contributed by atoms with E-state index in [4.69, 9.17) is 14.5 Å². The molecule has 6 heteroatoms. The third-order valence-corrected chi connectivity index (χ3v) is 5.85. The van der Waals surface area contributed by atoms with E-state index in [-0.39, 0.29) is 11.9 Å². The van der Waals surface area contributed by atoms with Gasteiger partial charge in [0.1, 0.15) is 5.75 Å². The Morgan fingerprint density at radius 3 is 2.45 bits per heavy atom. The maximum Gasteiger partial charge on any atom is 0.308 e. The van der Waals surface area contributed by atoms with Gasteiger partial charge < -0.3 is 19.7 Å². The normalized spacial score (nSPS) is 18.7. The highest BCUT2D eigenvalue weighted by atomic mass is 16.5. The zero-order valence-corrected chi connectivity index (χ0v) is 17.9. The smallest absolute Gasteiger partial charge is 0.308 e. The third-order valence-electron chi connectivity index (χ3n) is 5.85. The van der Waals surface area contributed by atoms with E-state index < -0.39 is 0 Å². The number of esters is 1. The quantitative estimate of drug-likeness (QED) is 0.431. The highest BCUT2D eigenvalue weighted by Crippen LogP contribution is 2.24. The van der Waals surface area contributed by atoms with Crippen LogP contribution in [0.3, 0.4) is 0 Å². The first-order chi connectivity index (χ1) is 14.2. The lowest BCUT2D eigenvalue weighted by molar-refractivity contribution is -0.146. The van der Waals surface area contributed by atoms with Crippen LogP contribution in [0.25, 0.3) is 0 Å². The van der Waals surface area contributed by atoms with Crippen molar-refractivity contribution in [1.29, 1.82) is 0 Å². The van der Waals surface area contributed by atoms with Crippen LogP contribution in [0, 0.1) is 5.92 Å². The van der Waals surface area contributed by atoms with Crippen LogP contribution >= 0.6 is 0 Å². The standard InChI is InChI=1S/C23H35N3O3/c1-3-24-23(26-16-13-19(14-17-26)22(27)28-2)25-15-12-18-8-10-21(11-9-18)29-20-6-4-5-7-20/h8-11,19-20H,3-7,12-17H2,1-2H3,(H,24,25). The zero-order valence-electron chi connectivity index (χ0n) is 17.9. The lowest BCUT2D eigenvalue weighted by Gasteiger charge is -2.33. The topological polar surface area (TPSA) is 63.2 Å². The minimum atomic E-state index is -0.0908. The van der Waals surface area contributed by atoms with Gasteiger partial charge in [-0.3, -0.25) is 9.79 Å². The molecule has 0 aromatic heterocycles. The van der Waals surface area contributed by atoms with Crippen molar-refractivity contribution in [1.82, 2.24) is 10.2 Å². The maximum atomic E-state index is 11.7. The molecule has 0 unspecified atom stereocenters. The Bertz CT molecular complexity index is 660. The van der Waals surface area contributed by atoms with Gasteiger partial charge in [0.15, 0.2) is 5.96 Å². The molecule has 1 N–H and O–H groups in total. The predicted octanol–water partition coefficient (Wildman–Crippen LogP) is 3.40. The molecule has 0 spiro atoms. The highest BCUT2D eigenvalue weighted by molar-refractivity contribution is 5.80. The van der Waals surface area contributed by atoms with E-state index in [2.05, 4.69) is 41.4 Å². The van der Waals surface area contributed by atoms with Crippen molar-refractivity contribution in [3.63, 3.8) is 0 Å². The molecular formula is C23H35N3O3. The van der Waals surface area contributed by atoms with E-state index in [1.165, 1.54) is 38.4 Å². The maximum absolute atomic E-state index is 11.7. The van der Waals surface area contributed by atoms with Crippen LogP contribution in [-0.4, -0.2) is 56.2 Å². The zero-order chi connectivity index (χ0) is 20.5. The summed E-state index contributed by atoms with van der Waals surface area (Å²) in [7, 11) is 1.47. The van der Waals surface area contributed by atoms with Crippen LogP contribution in [0.4, 0.5) is 0 Å². The van der Waals surface area contributed by atoms with Gasteiger partial charge in [0, 0.05) is 26.2 Å². The summed E-state index contributed by atoms with van der Waals surface area (Å²) in [4.78, 5) is 18.8. The summed E-state index contributed by atoms with van der Waals surface area (Å²) >= 11 is 0. The van der Waals surface area contributed by atoms with Gasteiger partial charge in [-0.2, -0.15) is 0 Å². The fourth-order valence-electron chi connectivity index (χ4n) is 4.14. The molecule has 0 atom stereocenters. The minimum absolute atomic E-state index is 0.0177. The molecule has 0 radical (unpaired) electrons. The van der Waals surface area contributed by atoms with Crippen molar-refractivity contribution in [3.05, 3.63) is 29.8 Å². The minimum Gasteiger partial charge on any atom is -0.490 e. The molecule has 1 aromatic carbocycles. The molecule has 2 fully saturated rings. The second-order valence-electron chi connectivity index (χ2n) is 7.94. The lowest BCUT2D eigenvalue weighted by Crippen LogP contribution is -2.46. The van der Waals surface area contributed by atoms with E-state index >= 15 is 0 Å². The molecule has 1 aliphatic carbocycles. The summed E-state index contributed by atoms with van der Waals surface area (Å²) in [6.07, 6.45) is 7.87. The number of carbonyl (C=O) groups is 1. The summed E-state index contributed by atoms with van der Waals surface area (Å²) in [5.41, 5.74) is 1.27. The van der Waals surface area contributed by atoms with E-state index in [1.807, 2.05) is 0 Å². The number of carbonyl (C=O) groups excluding carboxylic acids is 1. The van der Waals surface area contributed by atoms with Gasteiger partial charge >= 0.3 is 5.97 Å². The van der Waals surface area contributed by atoms with E-state index in [0.29, 0.717) is 6.10 Å². The number of hydrogen-bond acceptors (Lipinski definition) is 4. The molecular weight excluding hydrogens is 366 g/mol. The molecule has 1 saturated carbocycles. The number of guanidine groups is 1. The van der Waals surface area contributed by atoms with Crippen molar-refractivity contribution < 1.29 is 14.3 Å². The molecule has 1 saturated heterocycles. The van der Waals surface area contributed by atoms with Crippen molar-refractivity contribution in [2.75, 3.05) is 33.3 Å². The van der Waals surface area contributed by atoms with Gasteiger partial charge in [-0.15, -0.1) is 0 Å². The summed E-state index contributed by atoms with van der Waals surface area (Å²) in [5, 5.41) is 3.39. The Morgan fingerprint density at radius 1 is 1.14 bits per heavy atom. The first-order valence-corrected chi connectivity index (χ1v) is 11.1. The molecule has 2 aliphatic rings. The summed E-state index contributed by atoms with van der Waals surface area (Å²) in [5.74, 6) is 1.85. The summed E-state index contributed by atoms with van der Waals surface area (Å²) in [6, 6.07) is 8.46. The van der Waals surface area contributed by atoms with Crippen molar-refractivity contribution in [2.24, 2.45) is 10.9 Å². The third kappa shape index (κ3) is 6.38. The number of likely N-dealkylation sites (tertiary alicyclic amines) is 1. The van der Waals surface area contributed by atoms with E-state index in [9.17, 15) is 4.79 Å². The van der Waals surface area contributed by atoms with Crippen molar-refractivity contribution in [2.45, 2.75) is 58.0 Å². The Balaban J connectivity index is 1.48. The summed E-state index contributed by atoms with van der Waals surface area (Å²) < 4.78 is 10.9. The molecule has 1 aromatic rings. The van der Waals surface area contributed by atoms with Crippen LogP contribution in [0.15, 0.2) is 29.3 Å². The average Bonchev–Trinajstić information content (AvgIpc) is 3.27. The molecule has 3 rings (SSSR count). The Kier molecular flexibility index (Phi) is 8.20. The first-order valence-electron chi connectivity index (χ1n) is 11.1. The van der Waals surface area contributed by atoms with Gasteiger partial charge in [-0.1, -0.05) is 12.1 Å². The Labute approximate surface area is 174 Å². The van der Waals surface area contributed by atoms with Gasteiger partial charge in [0.25, 0.3) is 0 Å². The first kappa shape index (κ1) is 21.5. The number of methoxy groups -OCH3 is 1. The SMILES string of the molecule is CCNC(=NCCc1ccc(OC2CCCC2)cc1)N1CCC(C(=O)OC)CC1. The van der Waals surface area contributed by atoms with Crippen LogP contribution < -0.4 is 10.1 Å². The van der Waals surface area contributed by atoms with Crippen molar-refractivity contribution >= 4 is 11.9 Å². The molecule has 6 nitrogen and oxygen atoms in total. The average molecular weight is 402 g/mol. The van der Waals surface area contributed by atoms with Gasteiger partial charge in [-0.05, 0) is 69.6 Å². The molecule has 160 valence electrons. The van der Waals surface area contributed by atoms with Crippen LogP contribution in [0.2, 0.25) is 0 Å². The van der Waals surface area contributed by atoms with Crippen LogP contribution in [0.5, 0.6) is 5.75 Å². The molecule has 29 heavy (non-hydrogen) atoms. The van der Waals surface area contributed by atoms with Gasteiger partial charge in [0.05, 0.1) is 19.1 Å². The monoisotopic (exact) mass is 401 g/mol. The molecule has 0 amide bonds. The van der Waals surface area contributed by atoms with Crippen LogP contribution in [-0.2, 0) is 16.0 Å². The number of piperidine rings is 1. The second-order valence-corrected chi connectivity index (χ2v) is 7.94. The van der Waals surface area contributed by atoms with Crippen LogP contribution in [0.1, 0.15) is 51.0 Å². The lowest BCUT2D eigenvalue weighted by atomic mass is 9.97. The van der Waals surface area contributed by atoms with Crippen molar-refractivity contribution in [3.8, 4) is 5.75 Å². The largest absolute Gasteiger partial charge is 0.490 e. The summed E-state index contributed by atoms with van der Waals surface area (Å²) in [6.45, 7) is 5.32. The number of nitrogens with zero attached hydrogens (tertiary/aromatic N) is 2. The highest BCUT2D eigenvalue weighted by Gasteiger charge is 2.26. The number of benzene rings is 1. The number of rotatable bonds is 7. The number of hydrogen-bond donors (Lipinski definition) is 1. The van der Waals surface area contributed by atoms with Gasteiger partial charge in [0.2, 0.25) is 0 Å². The fraction of sp³-hybridized carbons (Fsp3) is 0.652. The van der Waals surface area contributed by atoms with Gasteiger partial charge in [-0.25, -0.2) is 0 Å². The molecule has 1 heterocycles. The number of ether oxygens (including phenoxy) is 2. The fourth-order valence-corrected chi connectivity index (χ4v) is 4.14. The van der Waals surface area contributed by atoms with E-state index in [1.54, 1.807) is 0 Å². The Hall–Kier alpha value is -2.24. The Morgan fingerprint density at radius 2 is 1.83 bits per heavy atom. The van der Waals surface area contributed by atoms with E-state index in [0.717, 1.165) is 57.2 Å². The molecule has 1 aliphatic heterocycles. The molecule has 0 bridgehead atoms. The predicted molar refractivity (Wildman–Crippen MR) is 115 cm³/mol. The second kappa shape index (κ2) is 11.1. The number of nitrogens with one attached hydrogen (secondary N) is 1.